The van der Waals surface area contributed by atoms with Crippen LogP contribution in [0.3, 0.4) is 0 Å². The van der Waals surface area contributed by atoms with Crippen molar-refractivity contribution in [2.45, 2.75) is 13.0 Å². The third kappa shape index (κ3) is 3.19. The van der Waals surface area contributed by atoms with Crippen LogP contribution in [0.5, 0.6) is 0 Å². The first-order valence-corrected chi connectivity index (χ1v) is 7.65. The molecule has 3 rings (SSSR count). The molecule has 1 fully saturated rings. The minimum Gasteiger partial charge on any atom is -0.381 e. The van der Waals surface area contributed by atoms with Gasteiger partial charge in [0.25, 0.3) is 0 Å². The van der Waals surface area contributed by atoms with E-state index in [-0.39, 0.29) is 0 Å². The molecule has 1 unspecified atom stereocenters. The standard InChI is InChI=1S/C15H19BrN2O/c16-14-2-1-13-3-6-18(15(13)9-14)7-5-17-10-12-4-8-19-11-12/h1-3,6,9,12,17H,4-5,7-8,10-11H2. The van der Waals surface area contributed by atoms with Crippen molar-refractivity contribution in [1.82, 2.24) is 9.88 Å². The van der Waals surface area contributed by atoms with Crippen molar-refractivity contribution in [2.24, 2.45) is 5.92 Å². The van der Waals surface area contributed by atoms with Gasteiger partial charge in [-0.2, -0.15) is 0 Å². The smallest absolute Gasteiger partial charge is 0.0507 e. The van der Waals surface area contributed by atoms with Crippen LogP contribution in [0.2, 0.25) is 0 Å². The summed E-state index contributed by atoms with van der Waals surface area (Å²) in [4.78, 5) is 0. The van der Waals surface area contributed by atoms with E-state index >= 15 is 0 Å². The van der Waals surface area contributed by atoms with E-state index in [0.717, 1.165) is 37.3 Å². The molecule has 102 valence electrons. The number of hydrogen-bond acceptors (Lipinski definition) is 2. The summed E-state index contributed by atoms with van der Waals surface area (Å²) in [6.07, 6.45) is 3.36. The molecule has 0 saturated carbocycles. The van der Waals surface area contributed by atoms with Gasteiger partial charge in [-0.05, 0) is 35.9 Å². The van der Waals surface area contributed by atoms with Crippen molar-refractivity contribution in [3.8, 4) is 0 Å². The van der Waals surface area contributed by atoms with Crippen molar-refractivity contribution >= 4 is 26.8 Å². The molecular weight excluding hydrogens is 304 g/mol. The van der Waals surface area contributed by atoms with Crippen LogP contribution in [0.1, 0.15) is 6.42 Å². The molecule has 0 aliphatic carbocycles. The van der Waals surface area contributed by atoms with Crippen LogP contribution in [0.25, 0.3) is 10.9 Å². The number of nitrogens with zero attached hydrogens (tertiary/aromatic N) is 1. The fourth-order valence-corrected chi connectivity index (χ4v) is 2.95. The Morgan fingerprint density at radius 1 is 1.37 bits per heavy atom. The second kappa shape index (κ2) is 6.07. The van der Waals surface area contributed by atoms with Crippen molar-refractivity contribution in [3.05, 3.63) is 34.9 Å². The van der Waals surface area contributed by atoms with Crippen LogP contribution in [-0.4, -0.2) is 30.9 Å². The molecule has 1 aromatic heterocycles. The maximum Gasteiger partial charge on any atom is 0.0507 e. The van der Waals surface area contributed by atoms with Crippen molar-refractivity contribution in [2.75, 3.05) is 26.3 Å². The van der Waals surface area contributed by atoms with Gasteiger partial charge in [0.1, 0.15) is 0 Å². The average Bonchev–Trinajstić information content (AvgIpc) is 3.04. The lowest BCUT2D eigenvalue weighted by atomic mass is 10.1. The summed E-state index contributed by atoms with van der Waals surface area (Å²) in [6.45, 7) is 4.94. The first-order valence-electron chi connectivity index (χ1n) is 6.86. The normalized spacial score (nSPS) is 19.3. The minimum absolute atomic E-state index is 0.704. The van der Waals surface area contributed by atoms with Gasteiger partial charge in [0.2, 0.25) is 0 Å². The lowest BCUT2D eigenvalue weighted by Gasteiger charge is -2.10. The van der Waals surface area contributed by atoms with Gasteiger partial charge in [0, 0.05) is 42.4 Å². The topological polar surface area (TPSA) is 26.2 Å². The zero-order chi connectivity index (χ0) is 13.1. The Hall–Kier alpha value is -0.840. The van der Waals surface area contributed by atoms with E-state index in [9.17, 15) is 0 Å². The Kier molecular flexibility index (Phi) is 4.21. The predicted molar refractivity (Wildman–Crippen MR) is 81.4 cm³/mol. The zero-order valence-corrected chi connectivity index (χ0v) is 12.5. The average molecular weight is 323 g/mol. The molecule has 1 aliphatic heterocycles. The molecule has 1 atom stereocenters. The van der Waals surface area contributed by atoms with Gasteiger partial charge < -0.3 is 14.6 Å². The van der Waals surface area contributed by atoms with Gasteiger partial charge in [-0.15, -0.1) is 0 Å². The molecule has 1 aromatic carbocycles. The Labute approximate surface area is 122 Å². The monoisotopic (exact) mass is 322 g/mol. The summed E-state index contributed by atoms with van der Waals surface area (Å²) >= 11 is 3.53. The fraction of sp³-hybridized carbons (Fsp3) is 0.467. The molecule has 0 spiro atoms. The molecule has 0 radical (unpaired) electrons. The number of ether oxygens (including phenoxy) is 1. The van der Waals surface area contributed by atoms with Gasteiger partial charge in [-0.1, -0.05) is 22.0 Å². The first kappa shape index (κ1) is 13.2. The number of nitrogens with one attached hydrogen (secondary N) is 1. The Morgan fingerprint density at radius 3 is 3.16 bits per heavy atom. The number of aromatic nitrogens is 1. The molecule has 19 heavy (non-hydrogen) atoms. The maximum atomic E-state index is 5.38. The van der Waals surface area contributed by atoms with E-state index in [0.29, 0.717) is 5.92 Å². The summed E-state index contributed by atoms with van der Waals surface area (Å²) in [5.74, 6) is 0.704. The molecule has 1 saturated heterocycles. The summed E-state index contributed by atoms with van der Waals surface area (Å²) in [6, 6.07) is 8.59. The maximum absolute atomic E-state index is 5.38. The molecule has 1 N–H and O–H groups in total. The minimum atomic E-state index is 0.704. The van der Waals surface area contributed by atoms with Gasteiger partial charge in [-0.3, -0.25) is 0 Å². The SMILES string of the molecule is Brc1ccc2ccn(CCNCC3CCOC3)c2c1. The van der Waals surface area contributed by atoms with Crippen LogP contribution >= 0.6 is 15.9 Å². The molecule has 3 nitrogen and oxygen atoms in total. The Balaban J connectivity index is 1.54. The summed E-state index contributed by atoms with van der Waals surface area (Å²) in [7, 11) is 0. The highest BCUT2D eigenvalue weighted by molar-refractivity contribution is 9.10. The third-order valence-electron chi connectivity index (χ3n) is 3.72. The summed E-state index contributed by atoms with van der Waals surface area (Å²) < 4.78 is 8.82. The number of halogens is 1. The third-order valence-corrected chi connectivity index (χ3v) is 4.22. The van der Waals surface area contributed by atoms with Crippen molar-refractivity contribution in [1.29, 1.82) is 0 Å². The highest BCUT2D eigenvalue weighted by Crippen LogP contribution is 2.20. The second-order valence-corrected chi connectivity index (χ2v) is 6.06. The fourth-order valence-electron chi connectivity index (χ4n) is 2.60. The highest BCUT2D eigenvalue weighted by Gasteiger charge is 2.14. The van der Waals surface area contributed by atoms with Gasteiger partial charge in [-0.25, -0.2) is 0 Å². The molecule has 0 bridgehead atoms. The summed E-state index contributed by atoms with van der Waals surface area (Å²) in [5.41, 5.74) is 1.29. The quantitative estimate of drug-likeness (QED) is 0.856. The molecule has 1 aliphatic rings. The number of benzene rings is 1. The second-order valence-electron chi connectivity index (χ2n) is 5.15. The lowest BCUT2D eigenvalue weighted by Crippen LogP contribution is -2.26. The van der Waals surface area contributed by atoms with E-state index in [2.05, 4.69) is 56.3 Å². The van der Waals surface area contributed by atoms with Gasteiger partial charge >= 0.3 is 0 Å². The molecule has 2 aromatic rings. The van der Waals surface area contributed by atoms with E-state index < -0.39 is 0 Å². The van der Waals surface area contributed by atoms with E-state index in [1.54, 1.807) is 0 Å². The highest BCUT2D eigenvalue weighted by atomic mass is 79.9. The van der Waals surface area contributed by atoms with Crippen LogP contribution in [0.4, 0.5) is 0 Å². The van der Waals surface area contributed by atoms with Gasteiger partial charge in [0.05, 0.1) is 6.61 Å². The van der Waals surface area contributed by atoms with E-state index in [1.807, 2.05) is 0 Å². The summed E-state index contributed by atoms with van der Waals surface area (Å²) in [5, 5.41) is 4.83. The lowest BCUT2D eigenvalue weighted by molar-refractivity contribution is 0.185. The van der Waals surface area contributed by atoms with Crippen LogP contribution in [-0.2, 0) is 11.3 Å². The Morgan fingerprint density at radius 2 is 2.32 bits per heavy atom. The van der Waals surface area contributed by atoms with Crippen molar-refractivity contribution < 1.29 is 4.74 Å². The van der Waals surface area contributed by atoms with Crippen molar-refractivity contribution in [3.63, 3.8) is 0 Å². The molecule has 2 heterocycles. The number of fused-ring (bicyclic) bond motifs is 1. The van der Waals surface area contributed by atoms with E-state index in [1.165, 1.54) is 17.3 Å². The molecule has 0 amide bonds. The predicted octanol–water partition coefficient (Wildman–Crippen LogP) is 3.03. The van der Waals surface area contributed by atoms with Crippen LogP contribution in [0, 0.1) is 5.92 Å². The zero-order valence-electron chi connectivity index (χ0n) is 10.9. The molecule has 4 heteroatoms. The van der Waals surface area contributed by atoms with E-state index in [4.69, 9.17) is 4.74 Å². The van der Waals surface area contributed by atoms with Crippen LogP contribution in [0.15, 0.2) is 34.9 Å². The first-order chi connectivity index (χ1) is 9.33. The van der Waals surface area contributed by atoms with Crippen LogP contribution < -0.4 is 5.32 Å². The molecular formula is C15H19BrN2O. The number of hydrogen-bond donors (Lipinski definition) is 1. The Bertz CT molecular complexity index is 546. The largest absolute Gasteiger partial charge is 0.381 e. The van der Waals surface area contributed by atoms with Gasteiger partial charge in [0.15, 0.2) is 0 Å². The number of rotatable bonds is 5.